The van der Waals surface area contributed by atoms with Gasteiger partial charge in [0.25, 0.3) is 0 Å². The number of hydrogen-bond acceptors (Lipinski definition) is 3. The van der Waals surface area contributed by atoms with Crippen LogP contribution in [0.15, 0.2) is 24.3 Å². The lowest BCUT2D eigenvalue weighted by molar-refractivity contribution is -0.123. The molecule has 0 heterocycles. The lowest BCUT2D eigenvalue weighted by atomic mass is 10.0. The number of hydrogen-bond donors (Lipinski definition) is 3. The number of aliphatic hydroxyl groups excluding tert-OH is 2. The number of carbonyl (C=O) groups excluding carboxylic acids is 1. The summed E-state index contributed by atoms with van der Waals surface area (Å²) in [5, 5.41) is 22.7. The van der Waals surface area contributed by atoms with Crippen LogP contribution in [-0.2, 0) is 4.79 Å². The van der Waals surface area contributed by atoms with Crippen LogP contribution in [0.2, 0.25) is 0 Å². The van der Waals surface area contributed by atoms with Gasteiger partial charge in [0.2, 0.25) is 5.91 Å². The van der Waals surface area contributed by atoms with Crippen molar-refractivity contribution in [2.45, 2.75) is 225 Å². The topological polar surface area (TPSA) is 69.6 Å². The molecule has 266 valence electrons. The molecule has 0 aliphatic heterocycles. The Balaban J connectivity index is 3.40. The van der Waals surface area contributed by atoms with E-state index in [1.165, 1.54) is 154 Å². The van der Waals surface area contributed by atoms with Crippen LogP contribution in [0.4, 0.5) is 0 Å². The van der Waals surface area contributed by atoms with Gasteiger partial charge in [-0.15, -0.1) is 0 Å². The molecule has 0 saturated carbocycles. The number of rotatable bonds is 36. The molecule has 0 bridgehead atoms. The molecular formula is C41H79NO3. The first-order valence-electron chi connectivity index (χ1n) is 20.1. The van der Waals surface area contributed by atoms with Gasteiger partial charge in [0.15, 0.2) is 0 Å². The zero-order valence-corrected chi connectivity index (χ0v) is 30.4. The molecule has 2 unspecified atom stereocenters. The second-order valence-corrected chi connectivity index (χ2v) is 13.7. The molecule has 0 rings (SSSR count). The van der Waals surface area contributed by atoms with Gasteiger partial charge in [0, 0.05) is 6.42 Å². The predicted octanol–water partition coefficient (Wildman–Crippen LogP) is 12.1. The quantitative estimate of drug-likeness (QED) is 0.0475. The minimum atomic E-state index is -0.854. The van der Waals surface area contributed by atoms with Gasteiger partial charge in [-0.05, 0) is 25.7 Å². The van der Waals surface area contributed by atoms with Crippen LogP contribution in [0, 0.1) is 0 Å². The number of unbranched alkanes of at least 4 members (excludes halogenated alkanes) is 27. The second kappa shape index (κ2) is 37.3. The SMILES string of the molecule is CCC/C=C/CC/C=C/C(O)C(CO)NC(=O)CCCCCCCCCCCCCCCCCCCCCCCCCCCC. The monoisotopic (exact) mass is 634 g/mol. The van der Waals surface area contributed by atoms with Crippen LogP contribution < -0.4 is 5.32 Å². The van der Waals surface area contributed by atoms with Crippen molar-refractivity contribution in [3.05, 3.63) is 24.3 Å². The van der Waals surface area contributed by atoms with E-state index in [1.54, 1.807) is 6.08 Å². The summed E-state index contributed by atoms with van der Waals surface area (Å²) in [6, 6.07) is -0.631. The predicted molar refractivity (Wildman–Crippen MR) is 198 cm³/mol. The van der Waals surface area contributed by atoms with Gasteiger partial charge >= 0.3 is 0 Å². The summed E-state index contributed by atoms with van der Waals surface area (Å²) in [4.78, 5) is 12.3. The molecule has 0 aliphatic carbocycles. The number of nitrogens with one attached hydrogen (secondary N) is 1. The standard InChI is InChI=1S/C41H79NO3/c1-3-5-7-9-11-12-13-14-15-16-17-18-19-20-21-22-23-24-25-26-27-28-29-31-33-35-37-41(45)42-39(38-43)40(44)36-34-32-30-10-8-6-4-2/h8,10,34,36,39-40,43-44H,3-7,9,11-33,35,37-38H2,1-2H3,(H,42,45)/b10-8+,36-34+. The summed E-state index contributed by atoms with van der Waals surface area (Å²) in [5.41, 5.74) is 0. The molecule has 0 radical (unpaired) electrons. The molecule has 0 aliphatic rings. The second-order valence-electron chi connectivity index (χ2n) is 13.7. The van der Waals surface area contributed by atoms with Crippen LogP contribution in [-0.4, -0.2) is 34.9 Å². The lowest BCUT2D eigenvalue weighted by Gasteiger charge is -2.19. The van der Waals surface area contributed by atoms with E-state index < -0.39 is 12.1 Å². The van der Waals surface area contributed by atoms with Crippen molar-refractivity contribution in [2.24, 2.45) is 0 Å². The van der Waals surface area contributed by atoms with Gasteiger partial charge < -0.3 is 15.5 Å². The third kappa shape index (κ3) is 34.0. The molecule has 0 fully saturated rings. The highest BCUT2D eigenvalue weighted by Gasteiger charge is 2.17. The molecule has 2 atom stereocenters. The maximum absolute atomic E-state index is 12.3. The van der Waals surface area contributed by atoms with E-state index in [4.69, 9.17) is 0 Å². The Bertz CT molecular complexity index is 647. The number of aliphatic hydroxyl groups is 2. The maximum Gasteiger partial charge on any atom is 0.220 e. The molecule has 0 aromatic heterocycles. The number of carbonyl (C=O) groups is 1. The zero-order valence-electron chi connectivity index (χ0n) is 30.4. The van der Waals surface area contributed by atoms with Crippen molar-refractivity contribution >= 4 is 5.91 Å². The highest BCUT2D eigenvalue weighted by Crippen LogP contribution is 2.16. The summed E-state index contributed by atoms with van der Waals surface area (Å²) < 4.78 is 0. The molecule has 0 saturated heterocycles. The Morgan fingerprint density at radius 3 is 1.24 bits per heavy atom. The van der Waals surface area contributed by atoms with Crippen LogP contribution in [0.3, 0.4) is 0 Å². The first kappa shape index (κ1) is 43.9. The van der Waals surface area contributed by atoms with Crippen LogP contribution in [0.25, 0.3) is 0 Å². The molecule has 4 heteroatoms. The van der Waals surface area contributed by atoms with Crippen molar-refractivity contribution in [3.63, 3.8) is 0 Å². The van der Waals surface area contributed by atoms with Gasteiger partial charge in [-0.2, -0.15) is 0 Å². The summed E-state index contributed by atoms with van der Waals surface area (Å²) in [7, 11) is 0. The number of allylic oxidation sites excluding steroid dienone is 3. The Hall–Kier alpha value is -1.13. The van der Waals surface area contributed by atoms with E-state index in [0.29, 0.717) is 6.42 Å². The van der Waals surface area contributed by atoms with E-state index in [1.807, 2.05) is 6.08 Å². The third-order valence-corrected chi connectivity index (χ3v) is 9.17. The molecular weight excluding hydrogens is 554 g/mol. The van der Waals surface area contributed by atoms with Gasteiger partial charge in [-0.1, -0.05) is 205 Å². The van der Waals surface area contributed by atoms with Crippen molar-refractivity contribution < 1.29 is 15.0 Å². The fourth-order valence-electron chi connectivity index (χ4n) is 6.08. The minimum absolute atomic E-state index is 0.0756. The van der Waals surface area contributed by atoms with Gasteiger partial charge in [-0.25, -0.2) is 0 Å². The smallest absolute Gasteiger partial charge is 0.220 e. The van der Waals surface area contributed by atoms with E-state index in [0.717, 1.165) is 38.5 Å². The molecule has 3 N–H and O–H groups in total. The Kier molecular flexibility index (Phi) is 36.4. The first-order chi connectivity index (χ1) is 22.2. The van der Waals surface area contributed by atoms with E-state index >= 15 is 0 Å². The minimum Gasteiger partial charge on any atom is -0.394 e. The molecule has 1 amide bonds. The Morgan fingerprint density at radius 2 is 0.867 bits per heavy atom. The zero-order chi connectivity index (χ0) is 32.9. The maximum atomic E-state index is 12.3. The van der Waals surface area contributed by atoms with E-state index in [9.17, 15) is 15.0 Å². The largest absolute Gasteiger partial charge is 0.394 e. The average molecular weight is 634 g/mol. The highest BCUT2D eigenvalue weighted by atomic mass is 16.3. The molecule has 4 nitrogen and oxygen atoms in total. The number of amides is 1. The van der Waals surface area contributed by atoms with E-state index in [2.05, 4.69) is 31.3 Å². The Labute approximate surface area is 281 Å². The van der Waals surface area contributed by atoms with Crippen LogP contribution in [0.1, 0.15) is 213 Å². The van der Waals surface area contributed by atoms with Gasteiger partial charge in [0.1, 0.15) is 0 Å². The van der Waals surface area contributed by atoms with Gasteiger partial charge in [-0.3, -0.25) is 4.79 Å². The van der Waals surface area contributed by atoms with Crippen molar-refractivity contribution in [1.82, 2.24) is 5.32 Å². The van der Waals surface area contributed by atoms with Crippen molar-refractivity contribution in [1.29, 1.82) is 0 Å². The van der Waals surface area contributed by atoms with Crippen molar-refractivity contribution in [3.8, 4) is 0 Å². The summed E-state index contributed by atoms with van der Waals surface area (Å²) in [6.07, 6.45) is 47.4. The molecule has 0 spiro atoms. The molecule has 45 heavy (non-hydrogen) atoms. The first-order valence-corrected chi connectivity index (χ1v) is 20.1. The van der Waals surface area contributed by atoms with Crippen LogP contribution in [0.5, 0.6) is 0 Å². The third-order valence-electron chi connectivity index (χ3n) is 9.17. The highest BCUT2D eigenvalue weighted by molar-refractivity contribution is 5.76. The van der Waals surface area contributed by atoms with Crippen LogP contribution >= 0.6 is 0 Å². The summed E-state index contributed by atoms with van der Waals surface area (Å²) in [5.74, 6) is -0.0756. The van der Waals surface area contributed by atoms with E-state index in [-0.39, 0.29) is 12.5 Å². The molecule has 0 aromatic rings. The summed E-state index contributed by atoms with van der Waals surface area (Å²) in [6.45, 7) is 4.20. The fraction of sp³-hybridized carbons (Fsp3) is 0.878. The summed E-state index contributed by atoms with van der Waals surface area (Å²) >= 11 is 0. The average Bonchev–Trinajstić information content (AvgIpc) is 3.04. The lowest BCUT2D eigenvalue weighted by Crippen LogP contribution is -2.45. The van der Waals surface area contributed by atoms with Gasteiger partial charge in [0.05, 0.1) is 18.8 Å². The Morgan fingerprint density at radius 1 is 0.511 bits per heavy atom. The van der Waals surface area contributed by atoms with Crippen molar-refractivity contribution in [2.75, 3.05) is 6.61 Å². The fourth-order valence-corrected chi connectivity index (χ4v) is 6.08. The normalized spacial score (nSPS) is 13.2. The molecule has 0 aromatic carbocycles.